The standard InChI is InChI=1S/C25H26O6/c26-24(18-7-3-1-4-8-18)30-21-12-13-22(31-25(27)19-9-5-2-6-10-19)20(17-21)11-14-23-28-15-16-29-23/h1-10,17,21-23H,11-16H2/t21-,22+/m0/s1. The average Bonchev–Trinajstić information content (AvgIpc) is 3.34. The molecule has 1 heterocycles. The lowest BCUT2D eigenvalue weighted by Crippen LogP contribution is -2.30. The highest BCUT2D eigenvalue weighted by Gasteiger charge is 2.29. The minimum Gasteiger partial charge on any atom is -0.455 e. The van der Waals surface area contributed by atoms with Crippen molar-refractivity contribution in [2.75, 3.05) is 13.2 Å². The second-order valence-corrected chi connectivity index (χ2v) is 7.60. The second kappa shape index (κ2) is 10.4. The first-order valence-corrected chi connectivity index (χ1v) is 10.6. The second-order valence-electron chi connectivity index (χ2n) is 7.60. The molecule has 2 aromatic carbocycles. The summed E-state index contributed by atoms with van der Waals surface area (Å²) < 4.78 is 22.6. The van der Waals surface area contributed by atoms with Gasteiger partial charge in [-0.25, -0.2) is 9.59 Å². The lowest BCUT2D eigenvalue weighted by atomic mass is 9.91. The zero-order chi connectivity index (χ0) is 21.5. The molecule has 6 nitrogen and oxygen atoms in total. The van der Waals surface area contributed by atoms with Crippen molar-refractivity contribution in [3.63, 3.8) is 0 Å². The Balaban J connectivity index is 1.44. The smallest absolute Gasteiger partial charge is 0.338 e. The van der Waals surface area contributed by atoms with E-state index in [4.69, 9.17) is 18.9 Å². The lowest BCUT2D eigenvalue weighted by Gasteiger charge is -2.29. The van der Waals surface area contributed by atoms with Crippen LogP contribution in [0.3, 0.4) is 0 Å². The summed E-state index contributed by atoms with van der Waals surface area (Å²) in [5.41, 5.74) is 1.96. The van der Waals surface area contributed by atoms with Crippen molar-refractivity contribution >= 4 is 11.9 Å². The van der Waals surface area contributed by atoms with Crippen LogP contribution in [-0.2, 0) is 18.9 Å². The molecule has 0 aromatic heterocycles. The topological polar surface area (TPSA) is 71.1 Å². The molecule has 2 aromatic rings. The maximum Gasteiger partial charge on any atom is 0.338 e. The molecule has 0 bridgehead atoms. The monoisotopic (exact) mass is 422 g/mol. The Bertz CT molecular complexity index is 902. The molecule has 1 aliphatic carbocycles. The molecule has 4 rings (SSSR count). The molecule has 0 amide bonds. The molecule has 1 fully saturated rings. The highest BCUT2D eigenvalue weighted by molar-refractivity contribution is 5.90. The summed E-state index contributed by atoms with van der Waals surface area (Å²) >= 11 is 0. The number of hydrogen-bond donors (Lipinski definition) is 0. The minimum absolute atomic E-state index is 0.251. The number of benzene rings is 2. The van der Waals surface area contributed by atoms with Gasteiger partial charge in [0.25, 0.3) is 0 Å². The van der Waals surface area contributed by atoms with Gasteiger partial charge < -0.3 is 18.9 Å². The molecule has 162 valence electrons. The van der Waals surface area contributed by atoms with E-state index in [2.05, 4.69) is 0 Å². The van der Waals surface area contributed by atoms with Gasteiger partial charge in [0.1, 0.15) is 12.2 Å². The minimum atomic E-state index is -0.361. The maximum absolute atomic E-state index is 12.6. The first-order chi connectivity index (χ1) is 15.2. The van der Waals surface area contributed by atoms with Gasteiger partial charge in [-0.1, -0.05) is 36.4 Å². The fourth-order valence-electron chi connectivity index (χ4n) is 3.81. The molecule has 0 N–H and O–H groups in total. The van der Waals surface area contributed by atoms with E-state index < -0.39 is 0 Å². The zero-order valence-corrected chi connectivity index (χ0v) is 17.3. The van der Waals surface area contributed by atoms with E-state index in [1.165, 1.54) is 0 Å². The van der Waals surface area contributed by atoms with Gasteiger partial charge in [-0.2, -0.15) is 0 Å². The number of ether oxygens (including phenoxy) is 4. The molecule has 31 heavy (non-hydrogen) atoms. The Morgan fingerprint density at radius 1 is 0.806 bits per heavy atom. The summed E-state index contributed by atoms with van der Waals surface area (Å²) in [5.74, 6) is -0.715. The highest BCUT2D eigenvalue weighted by atomic mass is 16.7. The Morgan fingerprint density at radius 3 is 2.00 bits per heavy atom. The van der Waals surface area contributed by atoms with E-state index in [0.717, 1.165) is 5.57 Å². The molecule has 6 heteroatoms. The highest BCUT2D eigenvalue weighted by Crippen LogP contribution is 2.29. The maximum atomic E-state index is 12.6. The van der Waals surface area contributed by atoms with Gasteiger partial charge in [-0.3, -0.25) is 0 Å². The predicted octanol–water partition coefficient (Wildman–Crippen LogP) is 4.31. The number of hydrogen-bond acceptors (Lipinski definition) is 6. The molecule has 1 saturated heterocycles. The van der Waals surface area contributed by atoms with Crippen molar-refractivity contribution in [2.24, 2.45) is 0 Å². The van der Waals surface area contributed by atoms with Crippen molar-refractivity contribution in [3.05, 3.63) is 83.4 Å². The fourth-order valence-corrected chi connectivity index (χ4v) is 3.81. The van der Waals surface area contributed by atoms with E-state index in [1.807, 2.05) is 30.3 Å². The SMILES string of the molecule is O=C(O[C@@H]1C=C(CCC2OCCO2)[C@H](OC(=O)c2ccccc2)CC1)c1ccccc1. The van der Waals surface area contributed by atoms with Crippen LogP contribution in [0.2, 0.25) is 0 Å². The van der Waals surface area contributed by atoms with Gasteiger partial charge in [0.2, 0.25) is 0 Å². The van der Waals surface area contributed by atoms with Crippen molar-refractivity contribution in [2.45, 2.75) is 44.2 Å². The van der Waals surface area contributed by atoms with Crippen molar-refractivity contribution in [1.82, 2.24) is 0 Å². The number of carbonyl (C=O) groups excluding carboxylic acids is 2. The molecule has 0 radical (unpaired) electrons. The summed E-state index contributed by atoms with van der Waals surface area (Å²) in [6.45, 7) is 1.18. The molecular weight excluding hydrogens is 396 g/mol. The molecule has 0 unspecified atom stereocenters. The van der Waals surface area contributed by atoms with Crippen molar-refractivity contribution in [1.29, 1.82) is 0 Å². The van der Waals surface area contributed by atoms with Crippen LogP contribution < -0.4 is 0 Å². The summed E-state index contributed by atoms with van der Waals surface area (Å²) in [6.07, 6.45) is 3.41. The average molecular weight is 422 g/mol. The molecular formula is C25H26O6. The van der Waals surface area contributed by atoms with E-state index in [1.54, 1.807) is 36.4 Å². The van der Waals surface area contributed by atoms with Gasteiger partial charge in [0, 0.05) is 6.42 Å². The van der Waals surface area contributed by atoms with Gasteiger partial charge in [-0.15, -0.1) is 0 Å². The third-order valence-corrected chi connectivity index (χ3v) is 5.41. The van der Waals surface area contributed by atoms with E-state index >= 15 is 0 Å². The predicted molar refractivity (Wildman–Crippen MR) is 114 cm³/mol. The normalized spacial score (nSPS) is 21.4. The zero-order valence-electron chi connectivity index (χ0n) is 17.3. The summed E-state index contributed by atoms with van der Waals surface area (Å²) in [4.78, 5) is 25.0. The molecule has 0 spiro atoms. The molecule has 2 aliphatic rings. The van der Waals surface area contributed by atoms with Crippen LogP contribution in [0.1, 0.15) is 46.4 Å². The Kier molecular flexibility index (Phi) is 7.12. The largest absolute Gasteiger partial charge is 0.455 e. The summed E-state index contributed by atoms with van der Waals surface area (Å²) in [6, 6.07) is 17.9. The van der Waals surface area contributed by atoms with Crippen LogP contribution in [0.5, 0.6) is 0 Å². The molecule has 2 atom stereocenters. The quantitative estimate of drug-likeness (QED) is 0.489. The Morgan fingerprint density at radius 2 is 1.39 bits per heavy atom. The first-order valence-electron chi connectivity index (χ1n) is 10.6. The van der Waals surface area contributed by atoms with Crippen LogP contribution in [0.4, 0.5) is 0 Å². The van der Waals surface area contributed by atoms with Gasteiger partial charge in [0.05, 0.1) is 24.3 Å². The third-order valence-electron chi connectivity index (χ3n) is 5.41. The van der Waals surface area contributed by atoms with E-state index in [-0.39, 0.29) is 30.4 Å². The Hall–Kier alpha value is -2.96. The van der Waals surface area contributed by atoms with Crippen molar-refractivity contribution < 1.29 is 28.5 Å². The number of rotatable bonds is 7. The van der Waals surface area contributed by atoms with Gasteiger partial charge >= 0.3 is 11.9 Å². The lowest BCUT2D eigenvalue weighted by molar-refractivity contribution is -0.0474. The Labute approximate surface area is 181 Å². The fraction of sp³-hybridized carbons (Fsp3) is 0.360. The third kappa shape index (κ3) is 5.81. The van der Waals surface area contributed by atoms with Crippen LogP contribution in [0.15, 0.2) is 72.3 Å². The van der Waals surface area contributed by atoms with Gasteiger partial charge in [-0.05, 0) is 55.2 Å². The van der Waals surface area contributed by atoms with Crippen LogP contribution in [0, 0.1) is 0 Å². The van der Waals surface area contributed by atoms with Crippen molar-refractivity contribution in [3.8, 4) is 0 Å². The summed E-state index contributed by atoms with van der Waals surface area (Å²) in [7, 11) is 0. The van der Waals surface area contributed by atoms with Gasteiger partial charge in [0.15, 0.2) is 6.29 Å². The summed E-state index contributed by atoms with van der Waals surface area (Å²) in [5, 5.41) is 0. The first kappa shape index (κ1) is 21.3. The van der Waals surface area contributed by atoms with Crippen LogP contribution in [-0.4, -0.2) is 43.7 Å². The van der Waals surface area contributed by atoms with Crippen LogP contribution >= 0.6 is 0 Å². The molecule has 0 saturated carbocycles. The van der Waals surface area contributed by atoms with E-state index in [0.29, 0.717) is 50.0 Å². The molecule has 1 aliphatic heterocycles. The van der Waals surface area contributed by atoms with E-state index in [9.17, 15) is 9.59 Å². The van der Waals surface area contributed by atoms with Crippen LogP contribution in [0.25, 0.3) is 0 Å². The number of carbonyl (C=O) groups is 2. The number of esters is 2.